The fourth-order valence-electron chi connectivity index (χ4n) is 3.18. The van der Waals surface area contributed by atoms with Crippen LogP contribution < -0.4 is 24.2 Å². The van der Waals surface area contributed by atoms with Crippen LogP contribution in [0.5, 0.6) is 22.4 Å². The quantitative estimate of drug-likeness (QED) is 0.182. The van der Waals surface area contributed by atoms with Gasteiger partial charge in [-0.1, -0.05) is 57.2 Å². The number of methoxy groups -OCH3 is 3. The molecule has 0 aliphatic rings. The van der Waals surface area contributed by atoms with E-state index < -0.39 is 6.09 Å². The number of rotatable bonds is 10. The topological polar surface area (TPSA) is 117 Å². The predicted molar refractivity (Wildman–Crippen MR) is 157 cm³/mol. The molecule has 0 bridgehead atoms. The zero-order valence-electron chi connectivity index (χ0n) is 23.5. The number of hydrogen-bond donors (Lipinski definition) is 2. The highest BCUT2D eigenvalue weighted by Crippen LogP contribution is 2.40. The lowest BCUT2D eigenvalue weighted by Crippen LogP contribution is -2.21. The van der Waals surface area contributed by atoms with E-state index in [1.54, 1.807) is 32.5 Å². The van der Waals surface area contributed by atoms with Crippen molar-refractivity contribution in [2.45, 2.75) is 52.5 Å². The molecule has 2 N–H and O–H groups in total. The zero-order chi connectivity index (χ0) is 28.8. The van der Waals surface area contributed by atoms with Gasteiger partial charge in [0.15, 0.2) is 11.4 Å². The van der Waals surface area contributed by atoms with Crippen molar-refractivity contribution in [3.8, 4) is 22.4 Å². The fourth-order valence-corrected chi connectivity index (χ4v) is 4.70. The number of nitrogens with zero attached hydrogens (tertiary/aromatic N) is 2. The lowest BCUT2D eigenvalue weighted by atomic mass is 10.2. The molecule has 0 saturated heterocycles. The maximum atomic E-state index is 11.2. The van der Waals surface area contributed by atoms with E-state index in [0.717, 1.165) is 21.9 Å². The molecular formula is C27H36N4O6S2. The number of carbonyl (C=O) groups is 1. The van der Waals surface area contributed by atoms with Crippen molar-refractivity contribution in [1.82, 2.24) is 15.5 Å². The molecule has 0 radical (unpaired) electrons. The highest BCUT2D eigenvalue weighted by atomic mass is 32.2. The monoisotopic (exact) mass is 576 g/mol. The molecule has 4 rings (SSSR count). The van der Waals surface area contributed by atoms with Crippen LogP contribution in [0.2, 0.25) is 0 Å². The second kappa shape index (κ2) is 16.4. The molecular weight excluding hydrogens is 540 g/mol. The molecule has 10 nitrogen and oxygen atoms in total. The summed E-state index contributed by atoms with van der Waals surface area (Å²) in [5, 5.41) is 7.86. The fraction of sp³-hybridized carbons (Fsp3) is 0.370. The standard InChI is InChI=1S/C23H24N4O6S2.2C2H6/c1-5-13-6-7-16(29-2)19(8-13)35-27-21-20-17(30-3)9-14(10-18(20)33-26-21)32-23-25-12-15(34-23)11-24-22(28)31-4;2*1-2/h6-10,12H,5,11H2,1-4H3,(H,24,28)(H,26,27);2*1-2H3. The van der Waals surface area contributed by atoms with Crippen molar-refractivity contribution in [1.29, 1.82) is 0 Å². The molecule has 212 valence electrons. The summed E-state index contributed by atoms with van der Waals surface area (Å²) >= 11 is 2.68. The first-order chi connectivity index (χ1) is 19.0. The van der Waals surface area contributed by atoms with E-state index in [1.165, 1.54) is 36.0 Å². The number of benzene rings is 2. The van der Waals surface area contributed by atoms with Crippen molar-refractivity contribution in [3.05, 3.63) is 47.0 Å². The van der Waals surface area contributed by atoms with Crippen LogP contribution in [0, 0.1) is 0 Å². The molecule has 0 fully saturated rings. The Bertz CT molecular complexity index is 1330. The third kappa shape index (κ3) is 8.42. The van der Waals surface area contributed by atoms with Gasteiger partial charge in [0, 0.05) is 23.2 Å². The van der Waals surface area contributed by atoms with E-state index in [0.29, 0.717) is 33.5 Å². The number of ether oxygens (including phenoxy) is 4. The second-order valence-corrected chi connectivity index (χ2v) is 9.04. The minimum absolute atomic E-state index is 0.288. The van der Waals surface area contributed by atoms with E-state index in [2.05, 4.69) is 37.9 Å². The number of amides is 1. The Kier molecular flexibility index (Phi) is 13.2. The lowest BCUT2D eigenvalue weighted by molar-refractivity contribution is 0.170. The number of carbonyl (C=O) groups excluding carboxylic acids is 1. The Labute approximate surface area is 237 Å². The Balaban J connectivity index is 0.00000127. The Morgan fingerprint density at radius 1 is 1.05 bits per heavy atom. The first kappa shape index (κ1) is 31.6. The van der Waals surface area contributed by atoms with E-state index in [1.807, 2.05) is 39.8 Å². The van der Waals surface area contributed by atoms with Crippen molar-refractivity contribution >= 4 is 46.2 Å². The van der Waals surface area contributed by atoms with Crippen molar-refractivity contribution in [2.75, 3.05) is 26.1 Å². The van der Waals surface area contributed by atoms with Gasteiger partial charge < -0.3 is 33.5 Å². The number of anilines is 1. The van der Waals surface area contributed by atoms with Crippen LogP contribution in [0.25, 0.3) is 11.0 Å². The number of hydrogen-bond acceptors (Lipinski definition) is 11. The molecule has 39 heavy (non-hydrogen) atoms. The van der Waals surface area contributed by atoms with Gasteiger partial charge in [0.1, 0.15) is 22.6 Å². The predicted octanol–water partition coefficient (Wildman–Crippen LogP) is 7.68. The molecule has 0 saturated carbocycles. The molecule has 12 heteroatoms. The van der Waals surface area contributed by atoms with Gasteiger partial charge in [0.25, 0.3) is 5.19 Å². The van der Waals surface area contributed by atoms with Crippen molar-refractivity contribution in [3.63, 3.8) is 0 Å². The zero-order valence-corrected chi connectivity index (χ0v) is 25.2. The number of alkyl carbamates (subject to hydrolysis) is 1. The summed E-state index contributed by atoms with van der Waals surface area (Å²) in [6.07, 6.45) is 2.03. The van der Waals surface area contributed by atoms with Crippen LogP contribution in [0.3, 0.4) is 0 Å². The Morgan fingerprint density at radius 3 is 2.46 bits per heavy atom. The number of nitrogens with one attached hydrogen (secondary N) is 2. The second-order valence-electron chi connectivity index (χ2n) is 7.11. The third-order valence-corrected chi connectivity index (χ3v) is 6.66. The molecule has 2 heterocycles. The molecule has 1 amide bonds. The first-order valence-corrected chi connectivity index (χ1v) is 14.2. The van der Waals surface area contributed by atoms with Gasteiger partial charge in [-0.25, -0.2) is 9.78 Å². The summed E-state index contributed by atoms with van der Waals surface area (Å²) in [6.45, 7) is 10.4. The maximum absolute atomic E-state index is 11.2. The van der Waals surface area contributed by atoms with E-state index in [9.17, 15) is 4.79 Å². The summed E-state index contributed by atoms with van der Waals surface area (Å²) in [4.78, 5) is 17.2. The highest BCUT2D eigenvalue weighted by Gasteiger charge is 2.18. The van der Waals surface area contributed by atoms with Gasteiger partial charge in [-0.3, -0.25) is 0 Å². The normalized spacial score (nSPS) is 9.95. The van der Waals surface area contributed by atoms with Crippen LogP contribution in [-0.4, -0.2) is 37.6 Å². The summed E-state index contributed by atoms with van der Waals surface area (Å²) in [7, 11) is 4.52. The molecule has 0 unspecified atom stereocenters. The highest BCUT2D eigenvalue weighted by molar-refractivity contribution is 8.00. The molecule has 0 aliphatic heterocycles. The summed E-state index contributed by atoms with van der Waals surface area (Å²) in [6, 6.07) is 9.52. The molecule has 2 aromatic carbocycles. The summed E-state index contributed by atoms with van der Waals surface area (Å²) in [5.74, 6) is 2.28. The molecule has 0 aliphatic carbocycles. The van der Waals surface area contributed by atoms with Crippen molar-refractivity contribution < 1.29 is 28.3 Å². The van der Waals surface area contributed by atoms with Crippen molar-refractivity contribution in [2.24, 2.45) is 0 Å². The van der Waals surface area contributed by atoms with Gasteiger partial charge >= 0.3 is 6.09 Å². The molecule has 0 spiro atoms. The van der Waals surface area contributed by atoms with Crippen LogP contribution in [0.1, 0.15) is 45.1 Å². The minimum Gasteiger partial charge on any atom is -0.496 e. The van der Waals surface area contributed by atoms with Gasteiger partial charge in [-0.05, 0) is 36.1 Å². The van der Waals surface area contributed by atoms with Crippen LogP contribution in [-0.2, 0) is 17.7 Å². The Hall–Kier alpha value is -3.64. The van der Waals surface area contributed by atoms with Gasteiger partial charge in [-0.15, -0.1) is 0 Å². The molecule has 4 aromatic rings. The van der Waals surface area contributed by atoms with E-state index >= 15 is 0 Å². The lowest BCUT2D eigenvalue weighted by Gasteiger charge is -2.10. The number of thiazole rings is 1. The SMILES string of the molecule is CC.CC.CCc1ccc(OC)c(SNc2noc3cc(Oc4ncc(CNC(=O)OC)s4)cc(OC)c23)c1. The van der Waals surface area contributed by atoms with Gasteiger partial charge in [0.2, 0.25) is 0 Å². The number of aryl methyl sites for hydroxylation is 1. The van der Waals surface area contributed by atoms with E-state index in [4.69, 9.17) is 18.7 Å². The Morgan fingerprint density at radius 2 is 1.79 bits per heavy atom. The average Bonchev–Trinajstić information content (AvgIpc) is 3.62. The van der Waals surface area contributed by atoms with Crippen LogP contribution in [0.15, 0.2) is 45.9 Å². The van der Waals surface area contributed by atoms with Gasteiger partial charge in [-0.2, -0.15) is 0 Å². The minimum atomic E-state index is -0.513. The largest absolute Gasteiger partial charge is 0.496 e. The molecule has 2 aromatic heterocycles. The van der Waals surface area contributed by atoms with Gasteiger partial charge in [0.05, 0.1) is 32.8 Å². The first-order valence-electron chi connectivity index (χ1n) is 12.6. The number of aromatic nitrogens is 2. The third-order valence-electron chi connectivity index (χ3n) is 4.96. The van der Waals surface area contributed by atoms with Crippen LogP contribution >= 0.6 is 23.3 Å². The number of fused-ring (bicyclic) bond motifs is 1. The summed E-state index contributed by atoms with van der Waals surface area (Å²) < 4.78 is 30.3. The summed E-state index contributed by atoms with van der Waals surface area (Å²) in [5.41, 5.74) is 1.69. The van der Waals surface area contributed by atoms with Crippen LogP contribution in [0.4, 0.5) is 10.6 Å². The van der Waals surface area contributed by atoms with E-state index in [-0.39, 0.29) is 6.54 Å². The smallest absolute Gasteiger partial charge is 0.407 e. The molecule has 0 atom stereocenters. The average molecular weight is 577 g/mol. The maximum Gasteiger partial charge on any atom is 0.407 e.